The summed E-state index contributed by atoms with van der Waals surface area (Å²) in [6, 6.07) is 13.1. The molecule has 3 aromatic rings. The van der Waals surface area contributed by atoms with Crippen LogP contribution in [0.25, 0.3) is 5.69 Å². The summed E-state index contributed by atoms with van der Waals surface area (Å²) in [4.78, 5) is 28.5. The zero-order valence-electron chi connectivity index (χ0n) is 24.3. The number of nitrogens with zero attached hydrogens (tertiary/aromatic N) is 3. The number of ether oxygens (including phenoxy) is 3. The van der Waals surface area contributed by atoms with Crippen molar-refractivity contribution in [3.8, 4) is 17.2 Å². The highest BCUT2D eigenvalue weighted by molar-refractivity contribution is 8.00. The number of halogens is 1. The number of fused-ring (bicyclic) bond motifs is 1. The van der Waals surface area contributed by atoms with E-state index in [1.54, 1.807) is 37.0 Å². The average molecular weight is 601 g/mol. The lowest BCUT2D eigenvalue weighted by atomic mass is 9.87. The van der Waals surface area contributed by atoms with Gasteiger partial charge in [0.2, 0.25) is 11.8 Å². The molecular weight excluding hydrogens is 564 g/mol. The quantitative estimate of drug-likeness (QED) is 0.321. The number of thioether (sulfide) groups is 1. The van der Waals surface area contributed by atoms with Gasteiger partial charge in [0.25, 0.3) is 0 Å². The number of nitrogens with one attached hydrogen (secondary N) is 1. The standard InChI is InChI=1S/C30H37ClN4O5S/c1-30(2,3)28-26-27(19-12-13-22(39-5)23(16-19)40-6)41-18-25(37)34(17-24(36)32-14-9-15-38-4)29(26)35(33-28)21-11-8-7-10-20(21)31/h7-8,10-13,16,27H,9,14-15,17-18H2,1-6H3,(H,32,36)/t27-/m1/s1. The fourth-order valence-electron chi connectivity index (χ4n) is 4.79. The highest BCUT2D eigenvalue weighted by Crippen LogP contribution is 2.49. The van der Waals surface area contributed by atoms with Crippen LogP contribution < -0.4 is 19.7 Å². The average Bonchev–Trinajstić information content (AvgIpc) is 3.28. The molecule has 0 bridgehead atoms. The second-order valence-electron chi connectivity index (χ2n) is 10.7. The Labute approximate surface area is 250 Å². The van der Waals surface area contributed by atoms with Crippen LogP contribution in [0.5, 0.6) is 11.5 Å². The molecule has 0 fully saturated rings. The number of rotatable bonds is 10. The van der Waals surface area contributed by atoms with Crippen LogP contribution in [0.15, 0.2) is 42.5 Å². The second kappa shape index (κ2) is 13.2. The summed E-state index contributed by atoms with van der Waals surface area (Å²) in [5, 5.41) is 8.19. The van der Waals surface area contributed by atoms with Gasteiger partial charge in [0.05, 0.1) is 41.6 Å². The van der Waals surface area contributed by atoms with E-state index in [9.17, 15) is 9.59 Å². The predicted octanol–water partition coefficient (Wildman–Crippen LogP) is 5.16. The Kier molecular flexibility index (Phi) is 9.88. The predicted molar refractivity (Wildman–Crippen MR) is 163 cm³/mol. The highest BCUT2D eigenvalue weighted by atomic mass is 35.5. The number of anilines is 1. The van der Waals surface area contributed by atoms with E-state index in [0.717, 1.165) is 16.8 Å². The van der Waals surface area contributed by atoms with Crippen molar-refractivity contribution in [1.82, 2.24) is 15.1 Å². The van der Waals surface area contributed by atoms with Gasteiger partial charge in [-0.2, -0.15) is 5.10 Å². The molecule has 1 aliphatic rings. The van der Waals surface area contributed by atoms with Gasteiger partial charge in [0.15, 0.2) is 11.5 Å². The smallest absolute Gasteiger partial charge is 0.240 e. The number of hydrogen-bond donors (Lipinski definition) is 1. The SMILES string of the molecule is COCCCNC(=O)CN1C(=O)CS[C@H](c2ccc(OC)c(OC)c2)c2c(C(C)(C)C)nn(-c3ccccc3Cl)c21. The zero-order chi connectivity index (χ0) is 29.7. The van der Waals surface area contributed by atoms with E-state index in [1.165, 1.54) is 11.8 Å². The van der Waals surface area contributed by atoms with Gasteiger partial charge in [-0.1, -0.05) is 50.6 Å². The van der Waals surface area contributed by atoms with Gasteiger partial charge in [-0.25, -0.2) is 4.68 Å². The van der Waals surface area contributed by atoms with Crippen molar-refractivity contribution in [2.24, 2.45) is 0 Å². The summed E-state index contributed by atoms with van der Waals surface area (Å²) < 4.78 is 17.9. The van der Waals surface area contributed by atoms with Gasteiger partial charge < -0.3 is 19.5 Å². The van der Waals surface area contributed by atoms with E-state index in [4.69, 9.17) is 30.9 Å². The molecule has 41 heavy (non-hydrogen) atoms. The van der Waals surface area contributed by atoms with Crippen molar-refractivity contribution in [3.63, 3.8) is 0 Å². The summed E-state index contributed by atoms with van der Waals surface area (Å²) in [5.41, 5.74) is 2.81. The molecule has 1 aromatic heterocycles. The summed E-state index contributed by atoms with van der Waals surface area (Å²) in [5.74, 6) is 1.44. The van der Waals surface area contributed by atoms with Crippen LogP contribution in [-0.2, 0) is 19.7 Å². The fourth-order valence-corrected chi connectivity index (χ4v) is 6.19. The molecule has 1 aliphatic heterocycles. The lowest BCUT2D eigenvalue weighted by molar-refractivity contribution is -0.122. The molecule has 0 saturated heterocycles. The molecule has 0 aliphatic carbocycles. The Bertz CT molecular complexity index is 1400. The molecule has 1 atom stereocenters. The molecule has 0 spiro atoms. The van der Waals surface area contributed by atoms with E-state index in [0.29, 0.717) is 47.6 Å². The summed E-state index contributed by atoms with van der Waals surface area (Å²) in [7, 11) is 4.81. The van der Waals surface area contributed by atoms with Gasteiger partial charge in [-0.15, -0.1) is 11.8 Å². The molecule has 11 heteroatoms. The first-order valence-electron chi connectivity index (χ1n) is 13.4. The van der Waals surface area contributed by atoms with Crippen LogP contribution in [0, 0.1) is 0 Å². The van der Waals surface area contributed by atoms with Crippen LogP contribution in [0.4, 0.5) is 5.82 Å². The largest absolute Gasteiger partial charge is 0.493 e. The molecule has 2 aromatic carbocycles. The minimum atomic E-state index is -0.395. The molecular formula is C30H37ClN4O5S. The Morgan fingerprint density at radius 1 is 1.12 bits per heavy atom. The number of hydrogen-bond acceptors (Lipinski definition) is 7. The Morgan fingerprint density at radius 2 is 1.85 bits per heavy atom. The minimum absolute atomic E-state index is 0.155. The third kappa shape index (κ3) is 6.66. The van der Waals surface area contributed by atoms with E-state index in [-0.39, 0.29) is 29.4 Å². The lowest BCUT2D eigenvalue weighted by Crippen LogP contribution is -2.42. The molecule has 0 saturated carbocycles. The summed E-state index contributed by atoms with van der Waals surface area (Å²) in [6.45, 7) is 7.08. The Morgan fingerprint density at radius 3 is 2.51 bits per heavy atom. The Hall–Kier alpha value is -3.21. The molecule has 0 unspecified atom stereocenters. The molecule has 220 valence electrons. The number of para-hydroxylation sites is 1. The first-order chi connectivity index (χ1) is 19.6. The number of carbonyl (C=O) groups excluding carboxylic acids is 2. The highest BCUT2D eigenvalue weighted by Gasteiger charge is 2.40. The lowest BCUT2D eigenvalue weighted by Gasteiger charge is -2.25. The van der Waals surface area contributed by atoms with Crippen LogP contribution in [0.3, 0.4) is 0 Å². The number of carbonyl (C=O) groups is 2. The topological polar surface area (TPSA) is 94.9 Å². The molecule has 2 heterocycles. The number of aromatic nitrogens is 2. The summed E-state index contributed by atoms with van der Waals surface area (Å²) >= 11 is 8.19. The molecule has 1 N–H and O–H groups in total. The van der Waals surface area contributed by atoms with Gasteiger partial charge in [-0.05, 0) is 36.2 Å². The monoisotopic (exact) mass is 600 g/mol. The van der Waals surface area contributed by atoms with Crippen molar-refractivity contribution >= 4 is 41.0 Å². The van der Waals surface area contributed by atoms with Crippen LogP contribution in [-0.4, -0.2) is 68.4 Å². The van der Waals surface area contributed by atoms with E-state index < -0.39 is 5.41 Å². The van der Waals surface area contributed by atoms with Gasteiger partial charge in [0, 0.05) is 31.2 Å². The van der Waals surface area contributed by atoms with Crippen molar-refractivity contribution < 1.29 is 23.8 Å². The number of amides is 2. The van der Waals surface area contributed by atoms with E-state index in [1.807, 2.05) is 36.4 Å². The zero-order valence-corrected chi connectivity index (χ0v) is 25.9. The number of methoxy groups -OCH3 is 3. The van der Waals surface area contributed by atoms with Gasteiger partial charge in [0.1, 0.15) is 12.4 Å². The van der Waals surface area contributed by atoms with Gasteiger partial charge >= 0.3 is 0 Å². The van der Waals surface area contributed by atoms with Crippen LogP contribution in [0.2, 0.25) is 5.02 Å². The third-order valence-corrected chi connectivity index (χ3v) is 8.31. The maximum absolute atomic E-state index is 13.8. The van der Waals surface area contributed by atoms with Crippen molar-refractivity contribution in [3.05, 3.63) is 64.3 Å². The number of benzene rings is 2. The molecule has 0 radical (unpaired) electrons. The van der Waals surface area contributed by atoms with Crippen molar-refractivity contribution in [2.75, 3.05) is 51.7 Å². The van der Waals surface area contributed by atoms with Crippen LogP contribution >= 0.6 is 23.4 Å². The third-order valence-electron chi connectivity index (χ3n) is 6.74. The van der Waals surface area contributed by atoms with Gasteiger partial charge in [-0.3, -0.25) is 14.5 Å². The maximum atomic E-state index is 13.8. The Balaban J connectivity index is 1.94. The van der Waals surface area contributed by atoms with Crippen molar-refractivity contribution in [1.29, 1.82) is 0 Å². The molecule has 4 rings (SSSR count). The maximum Gasteiger partial charge on any atom is 0.240 e. The second-order valence-corrected chi connectivity index (χ2v) is 12.2. The molecule has 9 nitrogen and oxygen atoms in total. The van der Waals surface area contributed by atoms with Crippen LogP contribution in [0.1, 0.15) is 49.3 Å². The summed E-state index contributed by atoms with van der Waals surface area (Å²) in [6.07, 6.45) is 0.671. The van der Waals surface area contributed by atoms with E-state index >= 15 is 0 Å². The first kappa shape index (κ1) is 30.7. The normalized spacial score (nSPS) is 15.3. The first-order valence-corrected chi connectivity index (χ1v) is 14.8. The molecule has 2 amide bonds. The van der Waals surface area contributed by atoms with E-state index in [2.05, 4.69) is 26.1 Å². The minimum Gasteiger partial charge on any atom is -0.493 e. The fraction of sp³-hybridized carbons (Fsp3) is 0.433. The van der Waals surface area contributed by atoms with Crippen molar-refractivity contribution in [2.45, 2.75) is 37.9 Å².